The quantitative estimate of drug-likeness (QED) is 0.418. The zero-order valence-electron chi connectivity index (χ0n) is 21.3. The van der Waals surface area contributed by atoms with Crippen molar-refractivity contribution >= 4 is 42.5 Å². The molecule has 1 unspecified atom stereocenters. The van der Waals surface area contributed by atoms with Gasteiger partial charge in [-0.1, -0.05) is 0 Å². The summed E-state index contributed by atoms with van der Waals surface area (Å²) in [6.07, 6.45) is -2.03. The maximum absolute atomic E-state index is 13.3. The average molecular weight is 579 g/mol. The molecule has 2 aromatic carbocycles. The fraction of sp³-hybridized carbons (Fsp3) is 0.333. The van der Waals surface area contributed by atoms with Gasteiger partial charge in [0, 0.05) is 0 Å². The van der Waals surface area contributed by atoms with E-state index >= 15 is 0 Å². The van der Waals surface area contributed by atoms with Crippen LogP contribution in [0.25, 0.3) is 0 Å². The first kappa shape index (κ1) is 26.2. The number of anilines is 1. The van der Waals surface area contributed by atoms with Gasteiger partial charge in [-0.3, -0.25) is 0 Å². The van der Waals surface area contributed by atoms with Crippen LogP contribution in [0.5, 0.6) is 0 Å². The number of carbonyl (C=O) groups is 3. The maximum atomic E-state index is 13.3. The summed E-state index contributed by atoms with van der Waals surface area (Å²) in [6, 6.07) is 16.8. The molecule has 10 nitrogen and oxygen atoms in total. The predicted molar refractivity (Wildman–Crippen MR) is 143 cm³/mol. The molecule has 1 saturated heterocycles. The van der Waals surface area contributed by atoms with Gasteiger partial charge < -0.3 is 0 Å². The molecule has 2 aliphatic heterocycles. The number of benzene rings is 2. The minimum absolute atomic E-state index is 0.0309. The average Bonchev–Trinajstić information content (AvgIpc) is 3.51. The number of hydrogen-bond acceptors (Lipinski definition) is 7. The standard InChI is InChI=1S/C27H30AsN5O5/c1-30-12-14-31(15-13-30)20-10-8-19(9-11-20)25(34)28-24-21-16-32(17-22(21)33(29-24)27(36)37)26(35)23(38-2)18-6-4-3-5-7-18/h3-11,23,28H,12-17H2,1-2H3,(H,36,37)/t23-/m1/s1. The summed E-state index contributed by atoms with van der Waals surface area (Å²) < 4.78 is 6.87. The second-order valence-corrected chi connectivity index (χ2v) is 12.0. The monoisotopic (exact) mass is 579 g/mol. The van der Waals surface area contributed by atoms with Crippen molar-refractivity contribution in [3.05, 3.63) is 77.0 Å². The van der Waals surface area contributed by atoms with Crippen LogP contribution in [0, 0.1) is 0 Å². The molecule has 0 spiro atoms. The van der Waals surface area contributed by atoms with Gasteiger partial charge in [-0.2, -0.15) is 0 Å². The van der Waals surface area contributed by atoms with Crippen LogP contribution in [-0.4, -0.2) is 97.3 Å². The molecule has 0 bridgehead atoms. The molecule has 0 aliphatic carbocycles. The van der Waals surface area contributed by atoms with E-state index in [1.165, 1.54) is 7.11 Å². The number of ether oxygens (including phenoxy) is 1. The second kappa shape index (κ2) is 11.1. The first-order valence-corrected chi connectivity index (χ1v) is 14.5. The number of nitrogens with zero attached hydrogens (tertiary/aromatic N) is 5. The first-order chi connectivity index (χ1) is 18.4. The summed E-state index contributed by atoms with van der Waals surface area (Å²) in [5.41, 5.74) is 3.50. The van der Waals surface area contributed by atoms with E-state index < -0.39 is 27.9 Å². The van der Waals surface area contributed by atoms with Gasteiger partial charge in [-0.05, 0) is 0 Å². The Morgan fingerprint density at radius 1 is 0.974 bits per heavy atom. The number of fused-ring (bicyclic) bond motifs is 1. The molecule has 0 saturated carbocycles. The molecular weight excluding hydrogens is 549 g/mol. The number of rotatable bonds is 7. The fourth-order valence-electron chi connectivity index (χ4n) is 4.90. The second-order valence-electron chi connectivity index (χ2n) is 9.48. The number of amides is 1. The summed E-state index contributed by atoms with van der Waals surface area (Å²) >= 11 is -1.45. The number of hydrogen-bond donors (Lipinski definition) is 1. The number of methoxy groups -OCH3 is 1. The predicted octanol–water partition coefficient (Wildman–Crippen LogP) is 1.29. The summed E-state index contributed by atoms with van der Waals surface area (Å²) in [7, 11) is 3.59. The van der Waals surface area contributed by atoms with Crippen LogP contribution >= 0.6 is 0 Å². The Bertz CT molecular complexity index is 1340. The van der Waals surface area contributed by atoms with E-state index in [0.29, 0.717) is 21.3 Å². The topological polar surface area (TPSA) is 108 Å². The van der Waals surface area contributed by atoms with Crippen LogP contribution in [0.3, 0.4) is 0 Å². The van der Waals surface area contributed by atoms with E-state index in [0.717, 1.165) is 42.1 Å². The first-order valence-electron chi connectivity index (χ1n) is 12.4. The SMILES string of the molecule is CO[C@@H](C(=O)N1Cc2c([AsH]C(=O)c3ccc(N4CCN(C)CC4)cc3)nn(C(=O)O)c2C1)c1ccccc1. The molecule has 1 N–H and O–H groups in total. The number of piperazine rings is 1. The van der Waals surface area contributed by atoms with E-state index in [4.69, 9.17) is 4.74 Å². The van der Waals surface area contributed by atoms with Crippen molar-refractivity contribution in [3.63, 3.8) is 0 Å². The van der Waals surface area contributed by atoms with Gasteiger partial charge in [0.2, 0.25) is 0 Å². The molecule has 1 fully saturated rings. The van der Waals surface area contributed by atoms with Crippen LogP contribution < -0.4 is 9.38 Å². The van der Waals surface area contributed by atoms with Gasteiger partial charge in [0.25, 0.3) is 0 Å². The van der Waals surface area contributed by atoms with Crippen LogP contribution in [0.4, 0.5) is 10.5 Å². The Morgan fingerprint density at radius 3 is 2.29 bits per heavy atom. The van der Waals surface area contributed by atoms with Gasteiger partial charge in [-0.15, -0.1) is 0 Å². The van der Waals surface area contributed by atoms with Gasteiger partial charge >= 0.3 is 228 Å². The van der Waals surface area contributed by atoms with Crippen LogP contribution in [0.2, 0.25) is 0 Å². The molecule has 38 heavy (non-hydrogen) atoms. The molecule has 1 aromatic heterocycles. The number of likely N-dealkylation sites (N-methyl/N-ethyl adjacent to an activating group) is 1. The Kier molecular flexibility index (Phi) is 7.65. The molecule has 198 valence electrons. The molecule has 5 rings (SSSR count). The van der Waals surface area contributed by atoms with Crippen molar-refractivity contribution in [1.82, 2.24) is 19.6 Å². The van der Waals surface area contributed by atoms with Crippen molar-refractivity contribution in [2.24, 2.45) is 0 Å². The van der Waals surface area contributed by atoms with E-state index in [1.807, 2.05) is 54.6 Å². The van der Waals surface area contributed by atoms with E-state index in [-0.39, 0.29) is 23.6 Å². The number of carbonyl (C=O) groups excluding carboxylic acids is 2. The fourth-order valence-corrected chi connectivity index (χ4v) is 7.10. The molecule has 2 aliphatic rings. The summed E-state index contributed by atoms with van der Waals surface area (Å²) in [6.45, 7) is 4.18. The van der Waals surface area contributed by atoms with E-state index in [2.05, 4.69) is 21.9 Å². The third-order valence-electron chi connectivity index (χ3n) is 7.06. The summed E-state index contributed by atoms with van der Waals surface area (Å²) in [5, 5.41) is 14.0. The Balaban J connectivity index is 1.32. The molecular formula is C27H30AsN5O5. The number of carboxylic acid groups (broad SMARTS) is 1. The van der Waals surface area contributed by atoms with Crippen LogP contribution in [0.1, 0.15) is 33.3 Å². The molecule has 3 heterocycles. The van der Waals surface area contributed by atoms with Gasteiger partial charge in [0.05, 0.1) is 0 Å². The van der Waals surface area contributed by atoms with E-state index in [1.54, 1.807) is 4.90 Å². The Hall–Kier alpha value is -3.46. The zero-order chi connectivity index (χ0) is 26.8. The van der Waals surface area contributed by atoms with E-state index in [9.17, 15) is 19.5 Å². The normalized spacial score (nSPS) is 16.7. The zero-order valence-corrected chi connectivity index (χ0v) is 23.4. The third kappa shape index (κ3) is 5.25. The molecule has 1 amide bonds. The van der Waals surface area contributed by atoms with Gasteiger partial charge in [0.1, 0.15) is 0 Å². The van der Waals surface area contributed by atoms with Crippen LogP contribution in [0.15, 0.2) is 54.6 Å². The molecule has 0 radical (unpaired) electrons. The molecule has 2 atom stereocenters. The summed E-state index contributed by atoms with van der Waals surface area (Å²) in [5.74, 6) is -0.261. The Morgan fingerprint density at radius 2 is 1.66 bits per heavy atom. The van der Waals surface area contributed by atoms with Gasteiger partial charge in [0.15, 0.2) is 0 Å². The third-order valence-corrected chi connectivity index (χ3v) is 9.49. The summed E-state index contributed by atoms with van der Waals surface area (Å²) in [4.78, 5) is 44.6. The van der Waals surface area contributed by atoms with Crippen molar-refractivity contribution in [1.29, 1.82) is 0 Å². The minimum atomic E-state index is -1.45. The van der Waals surface area contributed by atoms with Crippen molar-refractivity contribution in [2.45, 2.75) is 19.2 Å². The van der Waals surface area contributed by atoms with Crippen molar-refractivity contribution < 1.29 is 24.2 Å². The molecule has 3 aromatic rings. The van der Waals surface area contributed by atoms with Crippen molar-refractivity contribution in [2.75, 3.05) is 45.2 Å². The van der Waals surface area contributed by atoms with Crippen molar-refractivity contribution in [3.8, 4) is 0 Å². The molecule has 11 heteroatoms. The van der Waals surface area contributed by atoms with Crippen LogP contribution in [-0.2, 0) is 22.6 Å². The van der Waals surface area contributed by atoms with Gasteiger partial charge in [-0.25, -0.2) is 0 Å². The number of aromatic nitrogens is 2. The Labute approximate surface area is 227 Å².